The third-order valence-corrected chi connectivity index (χ3v) is 6.24. The molecule has 148 valence electrons. The zero-order valence-electron chi connectivity index (χ0n) is 15.3. The molecule has 1 atom stereocenters. The van der Waals surface area contributed by atoms with Gasteiger partial charge < -0.3 is 5.11 Å². The SMILES string of the molecule is O=C1CCCC2=C1C(c1ccc(Br)cc1)CC(=O)N2c1ccc(Cl)c(C(=O)O)c1. The Morgan fingerprint density at radius 2 is 1.83 bits per heavy atom. The van der Waals surface area contributed by atoms with E-state index in [1.54, 1.807) is 6.07 Å². The second kappa shape index (κ2) is 7.76. The zero-order valence-corrected chi connectivity index (χ0v) is 17.7. The molecule has 1 amide bonds. The molecule has 7 heteroatoms. The van der Waals surface area contributed by atoms with Crippen LogP contribution in [0.15, 0.2) is 58.2 Å². The number of ketones is 1. The molecule has 0 bridgehead atoms. The number of allylic oxidation sites excluding steroid dienone is 2. The van der Waals surface area contributed by atoms with Crippen LogP contribution in [0, 0.1) is 0 Å². The number of benzene rings is 2. The van der Waals surface area contributed by atoms with E-state index in [0.717, 1.165) is 10.0 Å². The molecule has 1 unspecified atom stereocenters. The fraction of sp³-hybridized carbons (Fsp3) is 0.227. The number of aromatic carboxylic acids is 1. The minimum atomic E-state index is -1.16. The number of nitrogens with zero attached hydrogens (tertiary/aromatic N) is 1. The molecule has 0 aromatic heterocycles. The van der Waals surface area contributed by atoms with Crippen molar-refractivity contribution in [2.24, 2.45) is 0 Å². The highest BCUT2D eigenvalue weighted by molar-refractivity contribution is 9.10. The zero-order chi connectivity index (χ0) is 20.7. The topological polar surface area (TPSA) is 74.7 Å². The smallest absolute Gasteiger partial charge is 0.337 e. The van der Waals surface area contributed by atoms with Gasteiger partial charge in [0.1, 0.15) is 0 Å². The van der Waals surface area contributed by atoms with Crippen LogP contribution in [0.5, 0.6) is 0 Å². The van der Waals surface area contributed by atoms with Gasteiger partial charge >= 0.3 is 5.97 Å². The van der Waals surface area contributed by atoms with Crippen molar-refractivity contribution in [1.82, 2.24) is 0 Å². The number of anilines is 1. The molecule has 5 nitrogen and oxygen atoms in total. The Morgan fingerprint density at radius 1 is 1.10 bits per heavy atom. The second-order valence-corrected chi connectivity index (χ2v) is 8.47. The Bertz CT molecular complexity index is 1060. The summed E-state index contributed by atoms with van der Waals surface area (Å²) in [5, 5.41) is 9.49. The van der Waals surface area contributed by atoms with Gasteiger partial charge in [-0.2, -0.15) is 0 Å². The maximum absolute atomic E-state index is 13.2. The molecule has 1 N–H and O–H groups in total. The molecular weight excluding hydrogens is 458 g/mol. The van der Waals surface area contributed by atoms with Gasteiger partial charge in [0, 0.05) is 40.2 Å². The molecule has 2 aromatic carbocycles. The van der Waals surface area contributed by atoms with Gasteiger partial charge in [-0.05, 0) is 48.7 Å². The average Bonchev–Trinajstić information content (AvgIpc) is 2.69. The van der Waals surface area contributed by atoms with Crippen LogP contribution >= 0.6 is 27.5 Å². The highest BCUT2D eigenvalue weighted by atomic mass is 79.9. The number of rotatable bonds is 3. The Balaban J connectivity index is 1.86. The van der Waals surface area contributed by atoms with E-state index in [9.17, 15) is 19.5 Å². The van der Waals surface area contributed by atoms with E-state index in [2.05, 4.69) is 15.9 Å². The Hall–Kier alpha value is -2.44. The molecule has 1 aliphatic heterocycles. The van der Waals surface area contributed by atoms with Gasteiger partial charge in [-0.1, -0.05) is 39.7 Å². The van der Waals surface area contributed by atoms with Crippen molar-refractivity contribution >= 4 is 50.9 Å². The van der Waals surface area contributed by atoms with Crippen LogP contribution in [-0.4, -0.2) is 22.8 Å². The van der Waals surface area contributed by atoms with E-state index in [-0.39, 0.29) is 34.6 Å². The quantitative estimate of drug-likeness (QED) is 0.652. The molecule has 29 heavy (non-hydrogen) atoms. The summed E-state index contributed by atoms with van der Waals surface area (Å²) >= 11 is 9.40. The number of carbonyl (C=O) groups is 3. The van der Waals surface area contributed by atoms with Crippen LogP contribution in [-0.2, 0) is 9.59 Å². The summed E-state index contributed by atoms with van der Waals surface area (Å²) in [6.07, 6.45) is 1.85. The van der Waals surface area contributed by atoms with Crippen LogP contribution in [0.3, 0.4) is 0 Å². The lowest BCUT2D eigenvalue weighted by molar-refractivity contribution is -0.119. The summed E-state index contributed by atoms with van der Waals surface area (Å²) in [5.74, 6) is -1.57. The molecule has 0 spiro atoms. The Labute approximate surface area is 181 Å². The van der Waals surface area contributed by atoms with E-state index < -0.39 is 5.97 Å². The molecule has 2 aromatic rings. The van der Waals surface area contributed by atoms with Crippen LogP contribution in [0.1, 0.15) is 47.5 Å². The predicted molar refractivity (Wildman–Crippen MR) is 113 cm³/mol. The number of amides is 1. The first kappa shape index (κ1) is 19.9. The van der Waals surface area contributed by atoms with Crippen molar-refractivity contribution in [2.75, 3.05) is 4.90 Å². The summed E-state index contributed by atoms with van der Waals surface area (Å²) in [6.45, 7) is 0. The normalized spacial score (nSPS) is 19.4. The highest BCUT2D eigenvalue weighted by Gasteiger charge is 2.39. The number of carbonyl (C=O) groups excluding carboxylic acids is 2. The van der Waals surface area contributed by atoms with Gasteiger partial charge in [0.05, 0.1) is 10.6 Å². The molecule has 4 rings (SSSR count). The molecular formula is C22H17BrClNO4. The van der Waals surface area contributed by atoms with Crippen molar-refractivity contribution < 1.29 is 19.5 Å². The van der Waals surface area contributed by atoms with Crippen LogP contribution < -0.4 is 4.90 Å². The van der Waals surface area contributed by atoms with Gasteiger partial charge in [0.15, 0.2) is 5.78 Å². The average molecular weight is 475 g/mol. The monoisotopic (exact) mass is 473 g/mol. The molecule has 0 radical (unpaired) electrons. The number of hydrogen-bond acceptors (Lipinski definition) is 3. The van der Waals surface area contributed by atoms with E-state index >= 15 is 0 Å². The maximum Gasteiger partial charge on any atom is 0.337 e. The van der Waals surface area contributed by atoms with E-state index in [4.69, 9.17) is 11.6 Å². The lowest BCUT2D eigenvalue weighted by atomic mass is 9.77. The molecule has 0 saturated heterocycles. The second-order valence-electron chi connectivity index (χ2n) is 7.14. The van der Waals surface area contributed by atoms with Gasteiger partial charge in [0.2, 0.25) is 5.91 Å². The fourth-order valence-electron chi connectivity index (χ4n) is 4.09. The van der Waals surface area contributed by atoms with Crippen LogP contribution in [0.2, 0.25) is 5.02 Å². The Kier molecular flexibility index (Phi) is 5.32. The van der Waals surface area contributed by atoms with Gasteiger partial charge in [-0.15, -0.1) is 0 Å². The first-order valence-electron chi connectivity index (χ1n) is 9.24. The highest BCUT2D eigenvalue weighted by Crippen LogP contribution is 2.43. The van der Waals surface area contributed by atoms with Gasteiger partial charge in [-0.3, -0.25) is 14.5 Å². The van der Waals surface area contributed by atoms with Crippen molar-refractivity contribution in [1.29, 1.82) is 0 Å². The summed E-state index contributed by atoms with van der Waals surface area (Å²) in [5.41, 5.74) is 2.60. The summed E-state index contributed by atoms with van der Waals surface area (Å²) < 4.78 is 0.927. The number of halogens is 2. The van der Waals surface area contributed by atoms with E-state index in [0.29, 0.717) is 36.2 Å². The van der Waals surface area contributed by atoms with E-state index in [1.165, 1.54) is 17.0 Å². The standard InChI is InChI=1S/C22H17BrClNO4/c23-13-6-4-12(5-7-13)15-11-20(27)25(18-2-1-3-19(26)21(15)18)14-8-9-17(24)16(10-14)22(28)29/h4-10,15H,1-3,11H2,(H,28,29). The lowest BCUT2D eigenvalue weighted by Gasteiger charge is -2.38. The van der Waals surface area contributed by atoms with Crippen molar-refractivity contribution in [2.45, 2.75) is 31.6 Å². The van der Waals surface area contributed by atoms with Gasteiger partial charge in [0.25, 0.3) is 0 Å². The number of Topliss-reactive ketones (excluding diaryl/α,β-unsaturated/α-hetero) is 1. The van der Waals surface area contributed by atoms with Crippen molar-refractivity contribution in [3.05, 3.63) is 74.4 Å². The summed E-state index contributed by atoms with van der Waals surface area (Å²) in [7, 11) is 0. The molecule has 0 fully saturated rings. The molecule has 1 aliphatic carbocycles. The first-order valence-corrected chi connectivity index (χ1v) is 10.4. The van der Waals surface area contributed by atoms with Crippen LogP contribution in [0.25, 0.3) is 0 Å². The third kappa shape index (κ3) is 3.63. The van der Waals surface area contributed by atoms with Crippen molar-refractivity contribution in [3.8, 4) is 0 Å². The Morgan fingerprint density at radius 3 is 2.52 bits per heavy atom. The number of hydrogen-bond donors (Lipinski definition) is 1. The van der Waals surface area contributed by atoms with Gasteiger partial charge in [-0.25, -0.2) is 4.79 Å². The summed E-state index contributed by atoms with van der Waals surface area (Å²) in [4.78, 5) is 39.0. The molecule has 1 heterocycles. The minimum absolute atomic E-state index is 0.0455. The third-order valence-electron chi connectivity index (χ3n) is 5.39. The maximum atomic E-state index is 13.2. The fourth-order valence-corrected chi connectivity index (χ4v) is 4.55. The number of carboxylic acid groups (broad SMARTS) is 1. The minimum Gasteiger partial charge on any atom is -0.478 e. The molecule has 0 saturated carbocycles. The van der Waals surface area contributed by atoms with Crippen LogP contribution in [0.4, 0.5) is 5.69 Å². The first-order chi connectivity index (χ1) is 13.9. The summed E-state index contributed by atoms with van der Waals surface area (Å²) in [6, 6.07) is 12.1. The lowest BCUT2D eigenvalue weighted by Crippen LogP contribution is -2.40. The molecule has 2 aliphatic rings. The number of carboxylic acids is 1. The predicted octanol–water partition coefficient (Wildman–Crippen LogP) is 5.33. The van der Waals surface area contributed by atoms with E-state index in [1.807, 2.05) is 24.3 Å². The largest absolute Gasteiger partial charge is 0.478 e. The van der Waals surface area contributed by atoms with Crippen molar-refractivity contribution in [3.63, 3.8) is 0 Å².